The lowest BCUT2D eigenvalue weighted by atomic mass is 9.90. The largest absolute Gasteiger partial charge is 0.467 e. The predicted molar refractivity (Wildman–Crippen MR) is 148 cm³/mol. The molecule has 0 saturated heterocycles. The topological polar surface area (TPSA) is 119 Å². The lowest BCUT2D eigenvalue weighted by molar-refractivity contribution is 0.0491. The van der Waals surface area contributed by atoms with Gasteiger partial charge in [-0.1, -0.05) is 18.2 Å². The number of hydrogen-bond acceptors (Lipinski definition) is 7. The van der Waals surface area contributed by atoms with Crippen LogP contribution in [0.3, 0.4) is 0 Å². The molecule has 1 aromatic carbocycles. The highest BCUT2D eigenvalue weighted by atomic mass is 19.1. The lowest BCUT2D eigenvalue weighted by Crippen LogP contribution is -2.50. The molecule has 2 heterocycles. The molecule has 0 atom stereocenters. The number of amides is 3. The number of benzene rings is 1. The number of urea groups is 1. The van der Waals surface area contributed by atoms with E-state index in [4.69, 9.17) is 9.47 Å². The number of alkyl carbamates (subject to hydrolysis) is 1. The molecular formula is C29H35FN6O4. The van der Waals surface area contributed by atoms with Crippen molar-refractivity contribution in [2.75, 3.05) is 12.0 Å². The van der Waals surface area contributed by atoms with Crippen molar-refractivity contribution in [2.45, 2.75) is 70.7 Å². The van der Waals surface area contributed by atoms with E-state index in [9.17, 15) is 14.0 Å². The van der Waals surface area contributed by atoms with Gasteiger partial charge in [0.1, 0.15) is 17.2 Å². The van der Waals surface area contributed by atoms with Crippen molar-refractivity contribution in [2.24, 2.45) is 0 Å². The number of ether oxygens (including phenoxy) is 2. The van der Waals surface area contributed by atoms with E-state index in [0.29, 0.717) is 37.1 Å². The third kappa shape index (κ3) is 7.64. The summed E-state index contributed by atoms with van der Waals surface area (Å²) in [7, 11) is 1.50. The van der Waals surface area contributed by atoms with Gasteiger partial charge in [-0.15, -0.1) is 0 Å². The predicted octanol–water partition coefficient (Wildman–Crippen LogP) is 5.24. The third-order valence-electron chi connectivity index (χ3n) is 6.53. The molecule has 0 aliphatic heterocycles. The van der Waals surface area contributed by atoms with Crippen LogP contribution in [0.15, 0.2) is 55.0 Å². The van der Waals surface area contributed by atoms with Gasteiger partial charge < -0.3 is 20.1 Å². The molecule has 0 unspecified atom stereocenters. The number of anilines is 1. The summed E-state index contributed by atoms with van der Waals surface area (Å²) in [5, 5.41) is 5.78. The Kier molecular flexibility index (Phi) is 9.13. The van der Waals surface area contributed by atoms with E-state index in [1.54, 1.807) is 47.8 Å². The van der Waals surface area contributed by atoms with Gasteiger partial charge in [0.05, 0.1) is 7.11 Å². The Morgan fingerprint density at radius 1 is 0.975 bits per heavy atom. The van der Waals surface area contributed by atoms with Gasteiger partial charge in [-0.05, 0) is 64.7 Å². The van der Waals surface area contributed by atoms with Crippen LogP contribution in [-0.4, -0.2) is 51.9 Å². The van der Waals surface area contributed by atoms with Crippen molar-refractivity contribution in [1.29, 1.82) is 0 Å². The minimum Gasteiger partial charge on any atom is -0.467 e. The van der Waals surface area contributed by atoms with E-state index in [1.165, 1.54) is 13.2 Å². The summed E-state index contributed by atoms with van der Waals surface area (Å²) in [6.45, 7) is 5.50. The number of methoxy groups -OCH3 is 1. The van der Waals surface area contributed by atoms with Gasteiger partial charge in [-0.3, -0.25) is 4.90 Å². The first kappa shape index (κ1) is 28.7. The highest BCUT2D eigenvalue weighted by Gasteiger charge is 2.32. The molecule has 3 amide bonds. The number of hydrogen-bond donors (Lipinski definition) is 2. The first-order valence-electron chi connectivity index (χ1n) is 13.3. The van der Waals surface area contributed by atoms with E-state index in [2.05, 4.69) is 25.6 Å². The molecule has 4 rings (SSSR count). The van der Waals surface area contributed by atoms with Crippen molar-refractivity contribution in [3.8, 4) is 17.1 Å². The summed E-state index contributed by atoms with van der Waals surface area (Å²) in [6, 6.07) is 9.62. The molecule has 1 aliphatic carbocycles. The van der Waals surface area contributed by atoms with Crippen LogP contribution in [0.25, 0.3) is 11.1 Å². The van der Waals surface area contributed by atoms with Gasteiger partial charge >= 0.3 is 18.1 Å². The van der Waals surface area contributed by atoms with Gasteiger partial charge in [-0.2, -0.15) is 0 Å². The number of carbonyl (C=O) groups excluding carboxylic acids is 2. The maximum atomic E-state index is 14.2. The van der Waals surface area contributed by atoms with Crippen LogP contribution < -0.4 is 20.3 Å². The fourth-order valence-electron chi connectivity index (χ4n) is 4.58. The van der Waals surface area contributed by atoms with Crippen LogP contribution in [0, 0.1) is 5.82 Å². The second-order valence-corrected chi connectivity index (χ2v) is 10.6. The minimum absolute atomic E-state index is 0.0405. The fourth-order valence-corrected chi connectivity index (χ4v) is 4.58. The monoisotopic (exact) mass is 550 g/mol. The molecule has 2 N–H and O–H groups in total. The number of halogens is 1. The Morgan fingerprint density at radius 3 is 2.25 bits per heavy atom. The number of nitrogens with one attached hydrogen (secondary N) is 2. The van der Waals surface area contributed by atoms with E-state index in [0.717, 1.165) is 11.1 Å². The zero-order valence-corrected chi connectivity index (χ0v) is 23.2. The van der Waals surface area contributed by atoms with Crippen LogP contribution in [0.5, 0.6) is 6.01 Å². The molecule has 0 spiro atoms. The highest BCUT2D eigenvalue weighted by molar-refractivity contribution is 5.91. The maximum Gasteiger partial charge on any atom is 0.407 e. The quantitative estimate of drug-likeness (QED) is 0.413. The summed E-state index contributed by atoms with van der Waals surface area (Å²) in [6.07, 6.45) is 7.11. The van der Waals surface area contributed by atoms with E-state index in [-0.39, 0.29) is 36.5 Å². The Labute approximate surface area is 233 Å². The molecule has 1 fully saturated rings. The summed E-state index contributed by atoms with van der Waals surface area (Å²) in [5.41, 5.74) is 1.35. The molecular weight excluding hydrogens is 515 g/mol. The Morgan fingerprint density at radius 2 is 1.65 bits per heavy atom. The second kappa shape index (κ2) is 12.7. The smallest absolute Gasteiger partial charge is 0.407 e. The first-order valence-corrected chi connectivity index (χ1v) is 13.3. The first-order chi connectivity index (χ1) is 19.1. The zero-order chi connectivity index (χ0) is 28.7. The van der Waals surface area contributed by atoms with Crippen molar-refractivity contribution in [3.05, 3.63) is 66.4 Å². The minimum atomic E-state index is -0.579. The van der Waals surface area contributed by atoms with E-state index >= 15 is 0 Å². The van der Waals surface area contributed by atoms with Gasteiger partial charge in [-0.25, -0.2) is 28.9 Å². The molecule has 10 nitrogen and oxygen atoms in total. The normalized spacial score (nSPS) is 17.0. The average molecular weight is 551 g/mol. The van der Waals surface area contributed by atoms with Crippen LogP contribution in [0.1, 0.15) is 52.0 Å². The number of nitrogens with zero attached hydrogens (tertiary/aromatic N) is 4. The highest BCUT2D eigenvalue weighted by Crippen LogP contribution is 2.29. The molecule has 0 radical (unpaired) electrons. The maximum absolute atomic E-state index is 14.2. The van der Waals surface area contributed by atoms with Gasteiger partial charge in [0.25, 0.3) is 0 Å². The molecule has 1 aliphatic rings. The van der Waals surface area contributed by atoms with Crippen molar-refractivity contribution >= 4 is 17.9 Å². The summed E-state index contributed by atoms with van der Waals surface area (Å²) in [5.74, 6) is 0.0834. The van der Waals surface area contributed by atoms with Crippen LogP contribution in [-0.2, 0) is 11.3 Å². The SMILES string of the molecule is COc1ncc(-c2ccc(N(C(=O)NCc3ccccc3F)[C@H]3CC[C@H](NC(=O)OC(C)(C)C)CC3)nc2)cn1. The number of aromatic nitrogens is 3. The number of pyridine rings is 1. The molecule has 3 aromatic rings. The standard InChI is InChI=1S/C29H35FN6O4/c1-29(2,3)40-28(38)35-22-10-12-23(13-11-22)36(27(37)34-16-20-7-5-6-8-24(20)30)25-14-9-19(15-31-25)21-17-32-26(39-4)33-18-21/h5-9,14-15,17-18,22-23H,10-13,16H2,1-4H3,(H,34,37)(H,35,38)/t22-,23-. The molecule has 40 heavy (non-hydrogen) atoms. The average Bonchev–Trinajstić information content (AvgIpc) is 2.93. The molecule has 2 aromatic heterocycles. The number of rotatable bonds is 7. The fraction of sp³-hybridized carbons (Fsp3) is 0.414. The van der Waals surface area contributed by atoms with E-state index < -0.39 is 11.7 Å². The zero-order valence-electron chi connectivity index (χ0n) is 23.2. The molecule has 212 valence electrons. The van der Waals surface area contributed by atoms with Crippen LogP contribution >= 0.6 is 0 Å². The third-order valence-corrected chi connectivity index (χ3v) is 6.53. The van der Waals surface area contributed by atoms with Crippen molar-refractivity contribution in [3.63, 3.8) is 0 Å². The molecule has 1 saturated carbocycles. The second-order valence-electron chi connectivity index (χ2n) is 10.6. The Bertz CT molecular complexity index is 1290. The van der Waals surface area contributed by atoms with Gasteiger partial charge in [0, 0.05) is 53.9 Å². The van der Waals surface area contributed by atoms with Gasteiger partial charge in [0.15, 0.2) is 0 Å². The summed E-state index contributed by atoms with van der Waals surface area (Å²) in [4.78, 5) is 40.2. The van der Waals surface area contributed by atoms with E-state index in [1.807, 2.05) is 26.8 Å². The Hall–Kier alpha value is -4.28. The van der Waals surface area contributed by atoms with Crippen LogP contribution in [0.2, 0.25) is 0 Å². The summed E-state index contributed by atoms with van der Waals surface area (Å²) >= 11 is 0. The van der Waals surface area contributed by atoms with Crippen molar-refractivity contribution < 1.29 is 23.5 Å². The van der Waals surface area contributed by atoms with Crippen LogP contribution in [0.4, 0.5) is 19.8 Å². The summed E-state index contributed by atoms with van der Waals surface area (Å²) < 4.78 is 24.6. The van der Waals surface area contributed by atoms with Gasteiger partial charge in [0.2, 0.25) is 0 Å². The lowest BCUT2D eigenvalue weighted by Gasteiger charge is -2.36. The molecule has 11 heteroatoms. The van der Waals surface area contributed by atoms with Crippen molar-refractivity contribution in [1.82, 2.24) is 25.6 Å². The number of carbonyl (C=O) groups is 2. The Balaban J connectivity index is 1.49. The molecule has 0 bridgehead atoms.